The Hall–Kier alpha value is -3.18. The summed E-state index contributed by atoms with van der Waals surface area (Å²) in [4.78, 5) is 28.5. The zero-order valence-electron chi connectivity index (χ0n) is 28.4. The molecule has 260 valence electrons. The van der Waals surface area contributed by atoms with Crippen LogP contribution in [0.1, 0.15) is 75.3 Å². The third kappa shape index (κ3) is 10.4. The van der Waals surface area contributed by atoms with Gasteiger partial charge in [0, 0.05) is 51.9 Å². The van der Waals surface area contributed by atoms with Crippen LogP contribution < -0.4 is 20.1 Å². The molecule has 2 aromatic rings. The molecule has 1 saturated carbocycles. The van der Waals surface area contributed by atoms with E-state index in [1.165, 1.54) is 6.42 Å². The van der Waals surface area contributed by atoms with Gasteiger partial charge in [-0.15, -0.1) is 0 Å². The third-order valence-electron chi connectivity index (χ3n) is 9.96. The van der Waals surface area contributed by atoms with Crippen LogP contribution in [-0.2, 0) is 26.5 Å². The smallest absolute Gasteiger partial charge is 0.311 e. The van der Waals surface area contributed by atoms with Gasteiger partial charge in [-0.05, 0) is 61.3 Å². The maximum absolute atomic E-state index is 13.5. The summed E-state index contributed by atoms with van der Waals surface area (Å²) >= 11 is 0. The summed E-state index contributed by atoms with van der Waals surface area (Å²) in [6.07, 6.45) is 8.09. The van der Waals surface area contributed by atoms with Gasteiger partial charge in [0.25, 0.3) is 0 Å². The third-order valence-corrected chi connectivity index (χ3v) is 9.96. The average Bonchev–Trinajstić information content (AvgIpc) is 3.61. The molecule has 2 aromatic carbocycles. The molecule has 4 N–H and O–H groups in total. The minimum atomic E-state index is -1.11. The number of ether oxygens (including phenoxy) is 3. The predicted molar refractivity (Wildman–Crippen MR) is 181 cm³/mol. The van der Waals surface area contributed by atoms with Crippen LogP contribution in [0.3, 0.4) is 0 Å². The monoisotopic (exact) mass is 653 g/mol. The lowest BCUT2D eigenvalue weighted by atomic mass is 9.77. The number of aliphatic hydroxyl groups is 2. The van der Waals surface area contributed by atoms with Gasteiger partial charge in [-0.25, -0.2) is 0 Å². The molecule has 4 atom stereocenters. The van der Waals surface area contributed by atoms with E-state index in [0.29, 0.717) is 62.9 Å². The van der Waals surface area contributed by atoms with Crippen LogP contribution in [0.2, 0.25) is 0 Å². The van der Waals surface area contributed by atoms with Crippen LogP contribution in [0.25, 0.3) is 0 Å². The normalized spacial score (nSPS) is 19.5. The standard InChI is InChI=1S/C37H55N3O7/c1-45-19-11-10-17-37(44,29-14-8-5-9-15-29)30-16-18-40(26-30)36(43)35(42)39-33(22-27-12-6-4-7-13-27)34(41)25-38-24-28-20-31(46-2)23-32(21-28)47-3/h5,8-9,14-15,20-21,23,27,30,33-34,38,41,44H,4,6-7,10-13,16-19,22,24-26H2,1-3H3,(H,39,42). The summed E-state index contributed by atoms with van der Waals surface area (Å²) in [6.45, 7) is 2.03. The second-order valence-electron chi connectivity index (χ2n) is 13.2. The van der Waals surface area contributed by atoms with Gasteiger partial charge in [-0.3, -0.25) is 9.59 Å². The number of hydrogen-bond acceptors (Lipinski definition) is 8. The highest BCUT2D eigenvalue weighted by atomic mass is 16.5. The van der Waals surface area contributed by atoms with E-state index in [4.69, 9.17) is 14.2 Å². The summed E-state index contributed by atoms with van der Waals surface area (Å²) in [6, 6.07) is 14.7. The number of methoxy groups -OCH3 is 3. The van der Waals surface area contributed by atoms with E-state index in [1.807, 2.05) is 42.5 Å². The molecule has 4 rings (SSSR count). The first kappa shape index (κ1) is 36.7. The molecule has 0 spiro atoms. The number of aliphatic hydroxyl groups excluding tert-OH is 1. The van der Waals surface area contributed by atoms with Crippen LogP contribution in [0.5, 0.6) is 11.5 Å². The fourth-order valence-electron chi connectivity index (χ4n) is 7.23. The Kier molecular flexibility index (Phi) is 14.3. The number of rotatable bonds is 17. The molecule has 1 saturated heterocycles. The van der Waals surface area contributed by atoms with Crippen molar-refractivity contribution in [2.75, 3.05) is 47.6 Å². The number of nitrogens with one attached hydrogen (secondary N) is 2. The maximum atomic E-state index is 13.5. The number of benzene rings is 2. The van der Waals surface area contributed by atoms with Crippen molar-refractivity contribution in [1.82, 2.24) is 15.5 Å². The zero-order chi connectivity index (χ0) is 33.6. The van der Waals surface area contributed by atoms with E-state index in [9.17, 15) is 19.8 Å². The van der Waals surface area contributed by atoms with E-state index >= 15 is 0 Å². The topological polar surface area (TPSA) is 130 Å². The Morgan fingerprint density at radius 2 is 1.68 bits per heavy atom. The molecule has 0 bridgehead atoms. The molecule has 2 aliphatic rings. The average molecular weight is 654 g/mol. The highest BCUT2D eigenvalue weighted by Gasteiger charge is 2.44. The van der Waals surface area contributed by atoms with E-state index < -0.39 is 29.6 Å². The Balaban J connectivity index is 1.39. The quantitative estimate of drug-likeness (QED) is 0.148. The molecule has 4 unspecified atom stereocenters. The van der Waals surface area contributed by atoms with Gasteiger partial charge in [0.05, 0.1) is 32.0 Å². The second kappa shape index (κ2) is 18.4. The van der Waals surface area contributed by atoms with Gasteiger partial charge < -0.3 is 40.0 Å². The number of carbonyl (C=O) groups is 2. The van der Waals surface area contributed by atoms with Crippen LogP contribution in [-0.4, -0.2) is 86.6 Å². The summed E-state index contributed by atoms with van der Waals surface area (Å²) in [5.41, 5.74) is 0.657. The Morgan fingerprint density at radius 3 is 2.34 bits per heavy atom. The molecule has 1 heterocycles. The van der Waals surface area contributed by atoms with Crippen molar-refractivity contribution >= 4 is 11.8 Å². The number of carbonyl (C=O) groups excluding carboxylic acids is 2. The zero-order valence-corrected chi connectivity index (χ0v) is 28.4. The molecule has 0 aromatic heterocycles. The van der Waals surface area contributed by atoms with Crippen molar-refractivity contribution in [1.29, 1.82) is 0 Å². The molecule has 10 heteroatoms. The molecular formula is C37H55N3O7. The molecule has 1 aliphatic heterocycles. The van der Waals surface area contributed by atoms with Crippen LogP contribution in [0.15, 0.2) is 48.5 Å². The van der Waals surface area contributed by atoms with E-state index in [0.717, 1.165) is 49.7 Å². The van der Waals surface area contributed by atoms with E-state index in [-0.39, 0.29) is 12.5 Å². The highest BCUT2D eigenvalue weighted by molar-refractivity contribution is 6.35. The van der Waals surface area contributed by atoms with Crippen LogP contribution in [0.4, 0.5) is 0 Å². The molecule has 0 radical (unpaired) electrons. The number of nitrogens with zero attached hydrogens (tertiary/aromatic N) is 1. The van der Waals surface area contributed by atoms with Crippen molar-refractivity contribution in [3.8, 4) is 11.5 Å². The van der Waals surface area contributed by atoms with Gasteiger partial charge in [-0.1, -0.05) is 62.4 Å². The lowest BCUT2D eigenvalue weighted by molar-refractivity contribution is -0.146. The van der Waals surface area contributed by atoms with Crippen molar-refractivity contribution < 1.29 is 34.0 Å². The minimum Gasteiger partial charge on any atom is -0.497 e. The number of likely N-dealkylation sites (tertiary alicyclic amines) is 1. The minimum absolute atomic E-state index is 0.202. The summed E-state index contributed by atoms with van der Waals surface area (Å²) in [5.74, 6) is 0.232. The first-order valence-electron chi connectivity index (χ1n) is 17.2. The van der Waals surface area contributed by atoms with E-state index in [1.54, 1.807) is 32.3 Å². The number of unbranched alkanes of at least 4 members (excludes halogenated alkanes) is 1. The van der Waals surface area contributed by atoms with Gasteiger partial charge in [0.2, 0.25) is 0 Å². The Bertz CT molecular complexity index is 1230. The SMILES string of the molecule is COCCCCC(O)(c1ccccc1)C1CCN(C(=O)C(=O)NC(CC2CCCCC2)C(O)CNCc2cc(OC)cc(OC)c2)C1. The van der Waals surface area contributed by atoms with Crippen molar-refractivity contribution in [2.24, 2.45) is 11.8 Å². The fourth-order valence-corrected chi connectivity index (χ4v) is 7.23. The maximum Gasteiger partial charge on any atom is 0.311 e. The lowest BCUT2D eigenvalue weighted by Gasteiger charge is -2.35. The van der Waals surface area contributed by atoms with Gasteiger partial charge in [0.1, 0.15) is 11.5 Å². The van der Waals surface area contributed by atoms with Gasteiger partial charge in [0.15, 0.2) is 0 Å². The van der Waals surface area contributed by atoms with E-state index in [2.05, 4.69) is 10.6 Å². The predicted octanol–water partition coefficient (Wildman–Crippen LogP) is 4.16. The fraction of sp³-hybridized carbons (Fsp3) is 0.622. The summed E-state index contributed by atoms with van der Waals surface area (Å²) in [5, 5.41) is 29.5. The van der Waals surface area contributed by atoms with Gasteiger partial charge in [-0.2, -0.15) is 0 Å². The van der Waals surface area contributed by atoms with Crippen molar-refractivity contribution in [2.45, 2.75) is 88.5 Å². The molecule has 2 amide bonds. The van der Waals surface area contributed by atoms with Gasteiger partial charge >= 0.3 is 11.8 Å². The Morgan fingerprint density at radius 1 is 0.979 bits per heavy atom. The summed E-state index contributed by atoms with van der Waals surface area (Å²) < 4.78 is 15.9. The molecular weight excluding hydrogens is 598 g/mol. The largest absolute Gasteiger partial charge is 0.497 e. The number of amides is 2. The first-order chi connectivity index (χ1) is 22.8. The molecule has 10 nitrogen and oxygen atoms in total. The highest BCUT2D eigenvalue weighted by Crippen LogP contribution is 2.40. The molecule has 1 aliphatic carbocycles. The van der Waals surface area contributed by atoms with Crippen molar-refractivity contribution in [3.63, 3.8) is 0 Å². The van der Waals surface area contributed by atoms with Crippen molar-refractivity contribution in [3.05, 3.63) is 59.7 Å². The van der Waals surface area contributed by atoms with Crippen LogP contribution >= 0.6 is 0 Å². The molecule has 2 fully saturated rings. The summed E-state index contributed by atoms with van der Waals surface area (Å²) in [7, 11) is 4.88. The van der Waals surface area contributed by atoms with Crippen LogP contribution in [0, 0.1) is 11.8 Å². The lowest BCUT2D eigenvalue weighted by Crippen LogP contribution is -2.52. The Labute approximate surface area is 280 Å². The molecule has 47 heavy (non-hydrogen) atoms. The second-order valence-corrected chi connectivity index (χ2v) is 13.2. The first-order valence-corrected chi connectivity index (χ1v) is 17.2. The number of hydrogen-bond donors (Lipinski definition) is 4.